The number of hydrogen-bond donors (Lipinski definition) is 5. The third kappa shape index (κ3) is 4.94. The van der Waals surface area contributed by atoms with Gasteiger partial charge in [0.1, 0.15) is 0 Å². The summed E-state index contributed by atoms with van der Waals surface area (Å²) in [7, 11) is 0. The van der Waals surface area contributed by atoms with Crippen molar-refractivity contribution in [2.45, 2.75) is 37.6 Å². The molecule has 176 valence electrons. The van der Waals surface area contributed by atoms with Gasteiger partial charge in [-0.2, -0.15) is 15.0 Å². The molecule has 6 N–H and O–H groups in total. The molecule has 1 saturated heterocycles. The minimum atomic E-state index is -0.479. The molecule has 0 bridgehead atoms. The van der Waals surface area contributed by atoms with Crippen LogP contribution >= 0.6 is 0 Å². The lowest BCUT2D eigenvalue weighted by Gasteiger charge is -2.18. The van der Waals surface area contributed by atoms with E-state index in [4.69, 9.17) is 5.73 Å². The van der Waals surface area contributed by atoms with Gasteiger partial charge in [0.05, 0.1) is 0 Å². The molecule has 1 unspecified atom stereocenters. The largest absolute Gasteiger partial charge is 0.366 e. The summed E-state index contributed by atoms with van der Waals surface area (Å²) in [6, 6.07) is 16.1. The van der Waals surface area contributed by atoms with E-state index in [9.17, 15) is 4.79 Å². The van der Waals surface area contributed by atoms with E-state index in [1.807, 2.05) is 19.1 Å². The molecule has 0 radical (unpaired) electrons. The first-order chi connectivity index (χ1) is 16.5. The van der Waals surface area contributed by atoms with E-state index in [0.29, 0.717) is 23.4 Å². The summed E-state index contributed by atoms with van der Waals surface area (Å²) in [5.74, 6) is 0.951. The van der Waals surface area contributed by atoms with E-state index in [-0.39, 0.29) is 11.5 Å². The fourth-order valence-corrected chi connectivity index (χ4v) is 4.32. The van der Waals surface area contributed by atoms with Gasteiger partial charge in [0.15, 0.2) is 0 Å². The lowest BCUT2D eigenvalue weighted by atomic mass is 9.96. The number of carbonyl (C=O) groups excluding carboxylic acids is 1. The number of primary amides is 1. The first kappa shape index (κ1) is 22.1. The number of nitrogens with two attached hydrogens (primary N) is 1. The van der Waals surface area contributed by atoms with Crippen LogP contribution in [0.2, 0.25) is 0 Å². The summed E-state index contributed by atoms with van der Waals surface area (Å²) < 4.78 is 0. The molecule has 2 heterocycles. The van der Waals surface area contributed by atoms with Gasteiger partial charge in [-0.3, -0.25) is 4.79 Å². The summed E-state index contributed by atoms with van der Waals surface area (Å²) in [6.07, 6.45) is 3.28. The molecule has 3 aromatic rings. The topological polar surface area (TPSA) is 130 Å². The number of aromatic nitrogens is 3. The molecule has 1 atom stereocenters. The maximum Gasteiger partial charge on any atom is 0.248 e. The molecule has 1 aliphatic heterocycles. The molecule has 2 fully saturated rings. The molecule has 1 amide bonds. The van der Waals surface area contributed by atoms with Gasteiger partial charge in [-0.1, -0.05) is 36.4 Å². The summed E-state index contributed by atoms with van der Waals surface area (Å²) in [6.45, 7) is 4.54. The zero-order chi connectivity index (χ0) is 23.5. The van der Waals surface area contributed by atoms with Gasteiger partial charge in [0.25, 0.3) is 0 Å². The van der Waals surface area contributed by atoms with Crippen LogP contribution in [0.4, 0.5) is 23.5 Å². The number of nitrogens with zero attached hydrogens (tertiary/aromatic N) is 3. The molecule has 1 aromatic heterocycles. The van der Waals surface area contributed by atoms with Gasteiger partial charge >= 0.3 is 0 Å². The van der Waals surface area contributed by atoms with Crippen LogP contribution in [0.15, 0.2) is 48.5 Å². The highest BCUT2D eigenvalue weighted by Gasteiger charge is 2.44. The molecule has 2 aromatic carbocycles. The van der Waals surface area contributed by atoms with E-state index in [1.165, 1.54) is 5.56 Å². The van der Waals surface area contributed by atoms with Gasteiger partial charge in [-0.15, -0.1) is 0 Å². The molecule has 9 heteroatoms. The van der Waals surface area contributed by atoms with Crippen molar-refractivity contribution in [1.82, 2.24) is 20.3 Å². The summed E-state index contributed by atoms with van der Waals surface area (Å²) in [5.41, 5.74) is 9.03. The molecular formula is C25H30N8O. The van der Waals surface area contributed by atoms with Crippen LogP contribution < -0.4 is 27.0 Å². The zero-order valence-electron chi connectivity index (χ0n) is 19.3. The quantitative estimate of drug-likeness (QED) is 0.331. The molecule has 0 spiro atoms. The Morgan fingerprint density at radius 2 is 1.85 bits per heavy atom. The Hall–Kier alpha value is -3.72. The van der Waals surface area contributed by atoms with Crippen molar-refractivity contribution in [3.8, 4) is 0 Å². The molecule has 1 saturated carbocycles. The maximum atomic E-state index is 11.6. The number of hydrogen-bond acceptors (Lipinski definition) is 8. The number of rotatable bonds is 9. The first-order valence-corrected chi connectivity index (χ1v) is 11.7. The highest BCUT2D eigenvalue weighted by atomic mass is 16.1. The first-order valence-electron chi connectivity index (χ1n) is 11.7. The van der Waals surface area contributed by atoms with E-state index in [0.717, 1.165) is 50.1 Å². The lowest BCUT2D eigenvalue weighted by Crippen LogP contribution is -2.25. The highest BCUT2D eigenvalue weighted by molar-refractivity contribution is 5.94. The van der Waals surface area contributed by atoms with Crippen LogP contribution in [0.25, 0.3) is 0 Å². The summed E-state index contributed by atoms with van der Waals surface area (Å²) in [5, 5.41) is 13.5. The lowest BCUT2D eigenvalue weighted by molar-refractivity contribution is 0.100. The Morgan fingerprint density at radius 3 is 2.56 bits per heavy atom. The average molecular weight is 459 g/mol. The second-order valence-corrected chi connectivity index (χ2v) is 9.16. The van der Waals surface area contributed by atoms with E-state index in [2.05, 4.69) is 60.5 Å². The Morgan fingerprint density at radius 1 is 1.09 bits per heavy atom. The van der Waals surface area contributed by atoms with Crippen LogP contribution in [-0.2, 0) is 5.41 Å². The van der Waals surface area contributed by atoms with E-state index < -0.39 is 5.91 Å². The minimum absolute atomic E-state index is 0.122. The maximum absolute atomic E-state index is 11.6. The van der Waals surface area contributed by atoms with Crippen LogP contribution in [-0.4, -0.2) is 46.5 Å². The third-order valence-corrected chi connectivity index (χ3v) is 6.62. The molecule has 1 aliphatic carbocycles. The fourth-order valence-electron chi connectivity index (χ4n) is 4.32. The molecule has 9 nitrogen and oxygen atoms in total. The van der Waals surface area contributed by atoms with Gasteiger partial charge in [0.2, 0.25) is 23.8 Å². The Kier molecular flexibility index (Phi) is 6.02. The third-order valence-electron chi connectivity index (χ3n) is 6.62. The smallest absolute Gasteiger partial charge is 0.248 e. The fraction of sp³-hybridized carbons (Fsp3) is 0.360. The summed E-state index contributed by atoms with van der Waals surface area (Å²) in [4.78, 5) is 25.5. The number of amides is 1. The van der Waals surface area contributed by atoms with Crippen molar-refractivity contribution >= 4 is 29.4 Å². The second-order valence-electron chi connectivity index (χ2n) is 9.16. The molecule has 2 aliphatic rings. The van der Waals surface area contributed by atoms with Crippen molar-refractivity contribution in [3.63, 3.8) is 0 Å². The van der Waals surface area contributed by atoms with Crippen LogP contribution in [0.5, 0.6) is 0 Å². The van der Waals surface area contributed by atoms with Crippen molar-refractivity contribution in [3.05, 3.63) is 65.2 Å². The van der Waals surface area contributed by atoms with E-state index >= 15 is 0 Å². The zero-order valence-corrected chi connectivity index (χ0v) is 19.3. The standard InChI is InChI=1S/C25H30N8O/c1-16-7-8-17(21(26)34)13-20(16)30-24-32-22(31-23(33-24)29-19-9-12-27-14-19)28-15-25(10-11-25)18-5-3-2-4-6-18/h2-8,13,19,27H,9-12,14-15H2,1H3,(H2,26,34)(H3,28,29,30,31,32,33). The Labute approximate surface area is 199 Å². The second kappa shape index (κ2) is 9.26. The van der Waals surface area contributed by atoms with E-state index in [1.54, 1.807) is 12.1 Å². The molecular weight excluding hydrogens is 428 g/mol. The number of benzene rings is 2. The average Bonchev–Trinajstić information content (AvgIpc) is 3.47. The minimum Gasteiger partial charge on any atom is -0.366 e. The number of nitrogens with one attached hydrogen (secondary N) is 4. The van der Waals surface area contributed by atoms with Gasteiger partial charge < -0.3 is 27.0 Å². The van der Waals surface area contributed by atoms with Crippen molar-refractivity contribution < 1.29 is 4.79 Å². The molecule has 34 heavy (non-hydrogen) atoms. The van der Waals surface area contributed by atoms with Gasteiger partial charge in [-0.25, -0.2) is 0 Å². The van der Waals surface area contributed by atoms with Crippen molar-refractivity contribution in [1.29, 1.82) is 0 Å². The summed E-state index contributed by atoms with van der Waals surface area (Å²) >= 11 is 0. The highest BCUT2D eigenvalue weighted by Crippen LogP contribution is 2.48. The predicted octanol–water partition coefficient (Wildman–Crippen LogP) is 2.94. The van der Waals surface area contributed by atoms with Gasteiger partial charge in [-0.05, 0) is 56.0 Å². The van der Waals surface area contributed by atoms with Crippen molar-refractivity contribution in [2.75, 3.05) is 35.6 Å². The number of carbonyl (C=O) groups is 1. The van der Waals surface area contributed by atoms with Crippen LogP contribution in [0.3, 0.4) is 0 Å². The van der Waals surface area contributed by atoms with Crippen molar-refractivity contribution in [2.24, 2.45) is 5.73 Å². The number of anilines is 4. The predicted molar refractivity (Wildman–Crippen MR) is 134 cm³/mol. The SMILES string of the molecule is Cc1ccc(C(N)=O)cc1Nc1nc(NCC2(c3ccccc3)CC2)nc(NC2CCNC2)n1. The number of aryl methyl sites for hydroxylation is 1. The molecule has 5 rings (SSSR count). The Bertz CT molecular complexity index is 1170. The Balaban J connectivity index is 1.39. The van der Waals surface area contributed by atoms with Crippen LogP contribution in [0, 0.1) is 6.92 Å². The monoisotopic (exact) mass is 458 g/mol. The van der Waals surface area contributed by atoms with Gasteiger partial charge in [0, 0.05) is 35.8 Å². The van der Waals surface area contributed by atoms with Crippen LogP contribution in [0.1, 0.15) is 40.7 Å². The normalized spacial score (nSPS) is 18.3.